The van der Waals surface area contributed by atoms with Gasteiger partial charge in [0.1, 0.15) is 0 Å². The van der Waals surface area contributed by atoms with Crippen LogP contribution in [0.5, 0.6) is 0 Å². The number of methoxy groups -OCH3 is 1. The van der Waals surface area contributed by atoms with Crippen LogP contribution in [-0.2, 0) is 11.3 Å². The van der Waals surface area contributed by atoms with Crippen LogP contribution in [0, 0.1) is 0 Å². The number of benzene rings is 1. The predicted molar refractivity (Wildman–Crippen MR) is 116 cm³/mol. The highest BCUT2D eigenvalue weighted by molar-refractivity contribution is 7.99. The van der Waals surface area contributed by atoms with Crippen LogP contribution < -0.4 is 5.56 Å². The normalized spacial score (nSPS) is 11.5. The lowest BCUT2D eigenvalue weighted by Crippen LogP contribution is -2.24. The summed E-state index contributed by atoms with van der Waals surface area (Å²) in [4.78, 5) is 26.0. The second kappa shape index (κ2) is 8.66. The van der Waals surface area contributed by atoms with Gasteiger partial charge in [0.15, 0.2) is 10.9 Å². The molecule has 0 saturated heterocycles. The van der Waals surface area contributed by atoms with E-state index in [0.29, 0.717) is 45.1 Å². The highest BCUT2D eigenvalue weighted by Gasteiger charge is 2.18. The molecule has 1 aromatic carbocycles. The Bertz CT molecular complexity index is 1250. The van der Waals surface area contributed by atoms with Crippen molar-refractivity contribution in [1.29, 1.82) is 0 Å². The number of carbonyl (C=O) groups is 1. The van der Waals surface area contributed by atoms with Gasteiger partial charge in [0, 0.05) is 20.3 Å². The van der Waals surface area contributed by atoms with Gasteiger partial charge < -0.3 is 4.74 Å². The molecule has 0 aliphatic heterocycles. The van der Waals surface area contributed by atoms with E-state index < -0.39 is 0 Å². The smallest absolute Gasteiger partial charge is 0.262 e. The number of ketones is 1. The van der Waals surface area contributed by atoms with Crippen molar-refractivity contribution in [1.82, 2.24) is 19.2 Å². The van der Waals surface area contributed by atoms with Crippen molar-refractivity contribution < 1.29 is 9.53 Å². The molecule has 3 heterocycles. The van der Waals surface area contributed by atoms with Crippen molar-refractivity contribution in [2.75, 3.05) is 19.5 Å². The summed E-state index contributed by atoms with van der Waals surface area (Å²) < 4.78 is 9.14. The van der Waals surface area contributed by atoms with Crippen molar-refractivity contribution in [3.05, 3.63) is 56.0 Å². The Labute approximate surface area is 179 Å². The number of aromatic nitrogens is 4. The van der Waals surface area contributed by atoms with Gasteiger partial charge in [-0.25, -0.2) is 0 Å². The summed E-state index contributed by atoms with van der Waals surface area (Å²) in [6, 6.07) is 10.8. The van der Waals surface area contributed by atoms with Gasteiger partial charge in [0.05, 0.1) is 25.9 Å². The maximum atomic E-state index is 13.0. The minimum Gasteiger partial charge on any atom is -0.385 e. The fourth-order valence-corrected chi connectivity index (χ4v) is 4.96. The van der Waals surface area contributed by atoms with Crippen LogP contribution in [0.15, 0.2) is 46.3 Å². The number of aryl methyl sites for hydroxylation is 1. The number of para-hydroxylation sites is 1. The first-order valence-corrected chi connectivity index (χ1v) is 11.0. The molecule has 7 nitrogen and oxygen atoms in total. The molecule has 0 atom stereocenters. The molecule has 0 radical (unpaired) electrons. The fraction of sp³-hybridized carbons (Fsp3) is 0.263. The number of fused-ring (bicyclic) bond motifs is 3. The summed E-state index contributed by atoms with van der Waals surface area (Å²) in [7, 11) is 1.63. The topological polar surface area (TPSA) is 78.5 Å². The molecular formula is C19H17ClN4O3S2. The highest BCUT2D eigenvalue weighted by Crippen LogP contribution is 2.26. The van der Waals surface area contributed by atoms with Gasteiger partial charge in [0.25, 0.3) is 5.56 Å². The lowest BCUT2D eigenvalue weighted by molar-refractivity contribution is 0.102. The Morgan fingerprint density at radius 3 is 2.83 bits per heavy atom. The number of thioether (sulfide) groups is 1. The molecule has 0 unspecified atom stereocenters. The van der Waals surface area contributed by atoms with Crippen LogP contribution in [0.1, 0.15) is 16.1 Å². The maximum Gasteiger partial charge on any atom is 0.262 e. The molecule has 10 heteroatoms. The number of carbonyl (C=O) groups excluding carboxylic acids is 1. The summed E-state index contributed by atoms with van der Waals surface area (Å²) in [5.74, 6) is 0.634. The minimum absolute atomic E-state index is 0.0265. The Balaban J connectivity index is 1.73. The zero-order valence-electron chi connectivity index (χ0n) is 15.5. The largest absolute Gasteiger partial charge is 0.385 e. The van der Waals surface area contributed by atoms with E-state index in [1.807, 2.05) is 22.6 Å². The van der Waals surface area contributed by atoms with Crippen LogP contribution in [0.25, 0.3) is 16.7 Å². The van der Waals surface area contributed by atoms with Crippen LogP contribution in [0.3, 0.4) is 0 Å². The monoisotopic (exact) mass is 448 g/mol. The third-order valence-electron chi connectivity index (χ3n) is 4.39. The van der Waals surface area contributed by atoms with E-state index in [0.717, 1.165) is 5.52 Å². The van der Waals surface area contributed by atoms with Crippen molar-refractivity contribution in [2.45, 2.75) is 18.1 Å². The van der Waals surface area contributed by atoms with Gasteiger partial charge in [-0.2, -0.15) is 0 Å². The van der Waals surface area contributed by atoms with Crippen molar-refractivity contribution in [3.63, 3.8) is 0 Å². The molecule has 0 saturated carbocycles. The first kappa shape index (κ1) is 20.1. The molecule has 4 aromatic rings. The highest BCUT2D eigenvalue weighted by atomic mass is 35.5. The number of nitrogens with zero attached hydrogens (tertiary/aromatic N) is 4. The molecule has 0 aliphatic carbocycles. The first-order valence-electron chi connectivity index (χ1n) is 8.87. The summed E-state index contributed by atoms with van der Waals surface area (Å²) >= 11 is 8.47. The van der Waals surface area contributed by atoms with E-state index in [1.165, 1.54) is 23.1 Å². The predicted octanol–water partition coefficient (Wildman–Crippen LogP) is 3.77. The lowest BCUT2D eigenvalue weighted by Gasteiger charge is -2.11. The fourth-order valence-electron chi connectivity index (χ4n) is 3.06. The molecule has 0 amide bonds. The van der Waals surface area contributed by atoms with Crippen LogP contribution in [-0.4, -0.2) is 44.4 Å². The molecule has 0 fully saturated rings. The Morgan fingerprint density at radius 2 is 2.07 bits per heavy atom. The van der Waals surface area contributed by atoms with Crippen LogP contribution >= 0.6 is 34.7 Å². The lowest BCUT2D eigenvalue weighted by atomic mass is 10.2. The first-order chi connectivity index (χ1) is 14.1. The van der Waals surface area contributed by atoms with E-state index in [1.54, 1.807) is 29.9 Å². The van der Waals surface area contributed by atoms with E-state index in [2.05, 4.69) is 10.2 Å². The summed E-state index contributed by atoms with van der Waals surface area (Å²) in [5.41, 5.74) is 0.604. The third-order valence-corrected chi connectivity index (χ3v) is 6.59. The summed E-state index contributed by atoms with van der Waals surface area (Å²) in [6.45, 7) is 1.01. The third kappa shape index (κ3) is 3.95. The molecule has 0 spiro atoms. The van der Waals surface area contributed by atoms with E-state index >= 15 is 0 Å². The van der Waals surface area contributed by atoms with Crippen LogP contribution in [0.4, 0.5) is 0 Å². The maximum absolute atomic E-state index is 13.0. The average molecular weight is 449 g/mol. The second-order valence-corrected chi connectivity index (χ2v) is 8.91. The molecule has 3 aromatic heterocycles. The molecular weight excluding hydrogens is 432 g/mol. The number of thiophene rings is 1. The Morgan fingerprint density at radius 1 is 1.24 bits per heavy atom. The zero-order chi connectivity index (χ0) is 20.4. The van der Waals surface area contributed by atoms with Crippen molar-refractivity contribution in [2.24, 2.45) is 0 Å². The van der Waals surface area contributed by atoms with Gasteiger partial charge in [-0.1, -0.05) is 35.5 Å². The summed E-state index contributed by atoms with van der Waals surface area (Å²) in [5, 5.41) is 9.65. The summed E-state index contributed by atoms with van der Waals surface area (Å²) in [6.07, 6.45) is 0.678. The second-order valence-electron chi connectivity index (χ2n) is 6.25. The van der Waals surface area contributed by atoms with E-state index in [4.69, 9.17) is 16.3 Å². The van der Waals surface area contributed by atoms with Gasteiger partial charge in [-0.3, -0.25) is 18.6 Å². The average Bonchev–Trinajstić information content (AvgIpc) is 3.35. The number of halogens is 1. The molecule has 0 bridgehead atoms. The van der Waals surface area contributed by atoms with E-state index in [-0.39, 0.29) is 17.1 Å². The quantitative estimate of drug-likeness (QED) is 0.232. The number of rotatable bonds is 8. The van der Waals surface area contributed by atoms with Gasteiger partial charge >= 0.3 is 0 Å². The van der Waals surface area contributed by atoms with Crippen molar-refractivity contribution >= 4 is 57.2 Å². The molecule has 0 aliphatic rings. The molecule has 4 rings (SSSR count). The number of Topliss-reactive ketones (excluding diaryl/α,β-unsaturated/α-hetero) is 1. The molecule has 0 N–H and O–H groups in total. The molecule has 29 heavy (non-hydrogen) atoms. The zero-order valence-corrected chi connectivity index (χ0v) is 17.9. The Kier molecular flexibility index (Phi) is 6.00. The van der Waals surface area contributed by atoms with Crippen molar-refractivity contribution in [3.8, 4) is 0 Å². The number of ether oxygens (including phenoxy) is 1. The number of hydrogen-bond acceptors (Lipinski definition) is 7. The van der Waals surface area contributed by atoms with Gasteiger partial charge in [-0.15, -0.1) is 21.5 Å². The molecule has 150 valence electrons. The van der Waals surface area contributed by atoms with Gasteiger partial charge in [0.2, 0.25) is 5.78 Å². The minimum atomic E-state index is -0.113. The van der Waals surface area contributed by atoms with Crippen LogP contribution in [0.2, 0.25) is 4.34 Å². The standard InChI is InChI=1S/C19H17ClN4O3S2/c1-27-10-4-9-23-17(26)12-5-2-3-6-13(12)24-18(23)21-22-19(24)28-11-14(25)15-7-8-16(20)29-15/h2-3,5-8H,4,9-11H2,1H3. The SMILES string of the molecule is COCCCn1c(=O)c2ccccc2n2c(SCC(=O)c3ccc(Cl)s3)nnc12. The Hall–Kier alpha value is -2.20. The number of hydrogen-bond donors (Lipinski definition) is 0. The van der Waals surface area contributed by atoms with E-state index in [9.17, 15) is 9.59 Å². The van der Waals surface area contributed by atoms with Gasteiger partial charge in [-0.05, 0) is 30.7 Å².